The Morgan fingerprint density at radius 1 is 0.964 bits per heavy atom. The number of nitrogens with two attached hydrogens (primary N) is 1. The fraction of sp³-hybridized carbons (Fsp3) is 0.480. The molecule has 2 aliphatic rings. The SMILES string of the molecule is Cc1ccc(C2CCCCC2C(=O)OC2(c3ccccc3)CC[NH2+]CC2)cc1. The molecular weight excluding hydrogens is 346 g/mol. The van der Waals surface area contributed by atoms with Crippen LogP contribution in [0.1, 0.15) is 61.1 Å². The van der Waals surface area contributed by atoms with Gasteiger partial charge in [0.1, 0.15) is 5.60 Å². The fourth-order valence-electron chi connectivity index (χ4n) is 5.03. The third-order valence-corrected chi connectivity index (χ3v) is 6.67. The lowest BCUT2D eigenvalue weighted by atomic mass is 9.75. The van der Waals surface area contributed by atoms with Gasteiger partial charge in [0.15, 0.2) is 0 Å². The molecule has 0 radical (unpaired) electrons. The monoisotopic (exact) mass is 378 g/mol. The number of benzene rings is 2. The first-order chi connectivity index (χ1) is 13.7. The molecule has 1 heterocycles. The zero-order chi connectivity index (χ0) is 19.4. The van der Waals surface area contributed by atoms with Crippen LogP contribution in [0.5, 0.6) is 0 Å². The summed E-state index contributed by atoms with van der Waals surface area (Å²) in [5, 5.41) is 2.32. The van der Waals surface area contributed by atoms with Gasteiger partial charge >= 0.3 is 5.97 Å². The summed E-state index contributed by atoms with van der Waals surface area (Å²) >= 11 is 0. The summed E-state index contributed by atoms with van der Waals surface area (Å²) in [7, 11) is 0. The van der Waals surface area contributed by atoms with Crippen LogP contribution >= 0.6 is 0 Å². The van der Waals surface area contributed by atoms with Crippen molar-refractivity contribution < 1.29 is 14.8 Å². The fourth-order valence-corrected chi connectivity index (χ4v) is 5.03. The second-order valence-electron chi connectivity index (χ2n) is 8.56. The van der Waals surface area contributed by atoms with Crippen LogP contribution in [0.25, 0.3) is 0 Å². The first kappa shape index (κ1) is 19.2. The number of piperidine rings is 1. The van der Waals surface area contributed by atoms with Crippen LogP contribution in [-0.4, -0.2) is 19.1 Å². The second kappa shape index (κ2) is 8.48. The van der Waals surface area contributed by atoms with E-state index in [1.54, 1.807) is 0 Å². The van der Waals surface area contributed by atoms with Crippen LogP contribution in [0.3, 0.4) is 0 Å². The lowest BCUT2D eigenvalue weighted by Crippen LogP contribution is -2.87. The highest BCUT2D eigenvalue weighted by Crippen LogP contribution is 2.41. The third-order valence-electron chi connectivity index (χ3n) is 6.67. The van der Waals surface area contributed by atoms with Crippen molar-refractivity contribution in [2.75, 3.05) is 13.1 Å². The number of hydrogen-bond donors (Lipinski definition) is 1. The van der Waals surface area contributed by atoms with Crippen molar-refractivity contribution in [3.05, 3.63) is 71.3 Å². The Morgan fingerprint density at radius 2 is 1.64 bits per heavy atom. The van der Waals surface area contributed by atoms with Gasteiger partial charge < -0.3 is 10.1 Å². The molecule has 1 saturated carbocycles. The Hall–Kier alpha value is -2.13. The first-order valence-electron chi connectivity index (χ1n) is 10.8. The maximum atomic E-state index is 13.5. The molecule has 4 rings (SSSR count). The number of ether oxygens (including phenoxy) is 1. The van der Waals surface area contributed by atoms with Gasteiger partial charge in [-0.05, 0) is 36.8 Å². The Bertz CT molecular complexity index is 778. The number of rotatable bonds is 4. The second-order valence-corrected chi connectivity index (χ2v) is 8.56. The van der Waals surface area contributed by atoms with Crippen LogP contribution in [-0.2, 0) is 15.1 Å². The van der Waals surface area contributed by atoms with Gasteiger partial charge in [-0.1, -0.05) is 73.0 Å². The maximum Gasteiger partial charge on any atom is 0.310 e. The van der Waals surface area contributed by atoms with E-state index in [9.17, 15) is 4.79 Å². The number of hydrogen-bond acceptors (Lipinski definition) is 2. The van der Waals surface area contributed by atoms with E-state index in [1.165, 1.54) is 17.5 Å². The Morgan fingerprint density at radius 3 is 2.36 bits per heavy atom. The van der Waals surface area contributed by atoms with Crippen molar-refractivity contribution in [2.24, 2.45) is 5.92 Å². The van der Waals surface area contributed by atoms with Crippen LogP contribution in [0.4, 0.5) is 0 Å². The van der Waals surface area contributed by atoms with Crippen LogP contribution < -0.4 is 5.32 Å². The molecule has 0 bridgehead atoms. The molecule has 1 saturated heterocycles. The van der Waals surface area contributed by atoms with Crippen LogP contribution in [0.15, 0.2) is 54.6 Å². The summed E-state index contributed by atoms with van der Waals surface area (Å²) in [6.07, 6.45) is 6.12. The van der Waals surface area contributed by atoms with Crippen molar-refractivity contribution in [2.45, 2.75) is 57.0 Å². The minimum atomic E-state index is -0.456. The molecule has 2 aromatic carbocycles. The quantitative estimate of drug-likeness (QED) is 0.815. The number of quaternary nitrogens is 1. The molecule has 3 nitrogen and oxygen atoms in total. The highest BCUT2D eigenvalue weighted by Gasteiger charge is 2.43. The largest absolute Gasteiger partial charge is 0.453 e. The average Bonchev–Trinajstić information content (AvgIpc) is 2.75. The molecule has 0 amide bonds. The normalized spacial score (nSPS) is 24.5. The van der Waals surface area contributed by atoms with Crippen molar-refractivity contribution in [1.29, 1.82) is 0 Å². The van der Waals surface area contributed by atoms with E-state index in [4.69, 9.17) is 4.74 Å². The van der Waals surface area contributed by atoms with Gasteiger partial charge in [-0.2, -0.15) is 0 Å². The molecule has 28 heavy (non-hydrogen) atoms. The molecule has 0 aromatic heterocycles. The van der Waals surface area contributed by atoms with E-state index in [0.29, 0.717) is 0 Å². The molecule has 2 unspecified atom stereocenters. The minimum absolute atomic E-state index is 0.0102. The standard InChI is InChI=1S/C25H31NO2/c1-19-11-13-20(14-12-19)22-9-5-6-10-23(22)24(27)28-25(15-17-26-18-16-25)21-7-3-2-4-8-21/h2-4,7-8,11-14,22-23,26H,5-6,9-10,15-18H2,1H3/p+1. The molecule has 1 aliphatic carbocycles. The molecule has 2 N–H and O–H groups in total. The summed E-state index contributed by atoms with van der Waals surface area (Å²) in [6.45, 7) is 4.13. The summed E-state index contributed by atoms with van der Waals surface area (Å²) in [5.41, 5.74) is 3.25. The number of aryl methyl sites for hydroxylation is 1. The Kier molecular flexibility index (Phi) is 5.82. The Balaban J connectivity index is 1.58. The van der Waals surface area contributed by atoms with Crippen LogP contribution in [0.2, 0.25) is 0 Å². The zero-order valence-corrected chi connectivity index (χ0v) is 16.9. The van der Waals surface area contributed by atoms with Gasteiger partial charge in [0.25, 0.3) is 0 Å². The van der Waals surface area contributed by atoms with Crippen molar-refractivity contribution in [1.82, 2.24) is 0 Å². The molecular formula is C25H32NO2+. The summed E-state index contributed by atoms with van der Waals surface area (Å²) < 4.78 is 6.42. The lowest BCUT2D eigenvalue weighted by molar-refractivity contribution is -0.668. The molecule has 2 aromatic rings. The van der Waals surface area contributed by atoms with Crippen molar-refractivity contribution in [3.63, 3.8) is 0 Å². The van der Waals surface area contributed by atoms with E-state index in [1.807, 2.05) is 6.07 Å². The highest BCUT2D eigenvalue weighted by molar-refractivity contribution is 5.74. The number of carbonyl (C=O) groups is 1. The first-order valence-corrected chi connectivity index (χ1v) is 10.8. The van der Waals surface area contributed by atoms with E-state index >= 15 is 0 Å². The topological polar surface area (TPSA) is 42.9 Å². The molecule has 2 atom stereocenters. The third kappa shape index (κ3) is 4.00. The zero-order valence-electron chi connectivity index (χ0n) is 16.9. The molecule has 148 valence electrons. The van der Waals surface area contributed by atoms with Gasteiger partial charge in [0.2, 0.25) is 0 Å². The van der Waals surface area contributed by atoms with Gasteiger partial charge in [0.05, 0.1) is 19.0 Å². The van der Waals surface area contributed by atoms with Crippen molar-refractivity contribution in [3.8, 4) is 0 Å². The lowest BCUT2D eigenvalue weighted by Gasteiger charge is -2.39. The molecule has 3 heteroatoms. The summed E-state index contributed by atoms with van der Waals surface area (Å²) in [4.78, 5) is 13.5. The van der Waals surface area contributed by atoms with Gasteiger partial charge in [-0.15, -0.1) is 0 Å². The van der Waals surface area contributed by atoms with E-state index in [2.05, 4.69) is 60.8 Å². The highest BCUT2D eigenvalue weighted by atomic mass is 16.6. The maximum absolute atomic E-state index is 13.5. The molecule has 2 fully saturated rings. The van der Waals surface area contributed by atoms with E-state index < -0.39 is 5.60 Å². The van der Waals surface area contributed by atoms with Crippen LogP contribution in [0, 0.1) is 12.8 Å². The predicted molar refractivity (Wildman–Crippen MR) is 111 cm³/mol. The predicted octanol–water partition coefficient (Wildman–Crippen LogP) is 4.06. The Labute approximate surface area is 168 Å². The number of carbonyl (C=O) groups excluding carboxylic acids is 1. The summed E-state index contributed by atoms with van der Waals surface area (Å²) in [5.74, 6) is 0.267. The van der Waals surface area contributed by atoms with Gasteiger partial charge in [-0.25, -0.2) is 0 Å². The minimum Gasteiger partial charge on any atom is -0.453 e. The van der Waals surface area contributed by atoms with Gasteiger partial charge in [0, 0.05) is 12.8 Å². The van der Waals surface area contributed by atoms with Gasteiger partial charge in [-0.3, -0.25) is 4.79 Å². The smallest absolute Gasteiger partial charge is 0.310 e. The van der Waals surface area contributed by atoms with E-state index in [-0.39, 0.29) is 17.8 Å². The molecule has 0 spiro atoms. The van der Waals surface area contributed by atoms with Crippen molar-refractivity contribution >= 4 is 5.97 Å². The van der Waals surface area contributed by atoms with E-state index in [0.717, 1.165) is 50.8 Å². The number of esters is 1. The molecule has 1 aliphatic heterocycles. The summed E-state index contributed by atoms with van der Waals surface area (Å²) in [6, 6.07) is 19.1. The average molecular weight is 379 g/mol.